The van der Waals surface area contributed by atoms with Crippen molar-refractivity contribution in [3.05, 3.63) is 0 Å². The monoisotopic (exact) mass is 300 g/mol. The van der Waals surface area contributed by atoms with Crippen LogP contribution in [0.15, 0.2) is 0 Å². The van der Waals surface area contributed by atoms with Gasteiger partial charge in [-0.25, -0.2) is 4.79 Å². The highest BCUT2D eigenvalue weighted by molar-refractivity contribution is 5.74. The van der Waals surface area contributed by atoms with Crippen molar-refractivity contribution >= 4 is 12.0 Å². The van der Waals surface area contributed by atoms with Crippen LogP contribution in [0.5, 0.6) is 0 Å². The number of rotatable bonds is 5. The number of nitrogens with one attached hydrogen (secondary N) is 1. The van der Waals surface area contributed by atoms with E-state index in [-0.39, 0.29) is 18.4 Å². The van der Waals surface area contributed by atoms with E-state index in [9.17, 15) is 9.59 Å². The molecule has 0 radical (unpaired) electrons. The Bertz CT molecular complexity index is 382. The molecule has 0 bridgehead atoms. The van der Waals surface area contributed by atoms with Crippen LogP contribution in [0.3, 0.4) is 0 Å². The molecule has 2 unspecified atom stereocenters. The number of likely N-dealkylation sites (tertiary alicyclic amines) is 1. The number of carbonyl (C=O) groups excluding carboxylic acids is 1. The number of aliphatic carboxylic acids is 1. The third kappa shape index (κ3) is 4.31. The maximum Gasteiger partial charge on any atom is 0.317 e. The third-order valence-electron chi connectivity index (χ3n) is 4.33. The fourth-order valence-corrected chi connectivity index (χ4v) is 2.97. The smallest absolute Gasteiger partial charge is 0.317 e. The van der Waals surface area contributed by atoms with E-state index in [0.29, 0.717) is 32.8 Å². The summed E-state index contributed by atoms with van der Waals surface area (Å²) in [5.41, 5.74) is -0.425. The second-order valence-corrected chi connectivity index (χ2v) is 5.90. The highest BCUT2D eigenvalue weighted by Gasteiger charge is 2.36. The van der Waals surface area contributed by atoms with Crippen LogP contribution >= 0.6 is 0 Å². The van der Waals surface area contributed by atoms with E-state index in [1.807, 2.05) is 0 Å². The molecular formula is C14H24N2O5. The van der Waals surface area contributed by atoms with Crippen LogP contribution in [0.25, 0.3) is 0 Å². The Hall–Kier alpha value is -1.34. The number of urea groups is 1. The Morgan fingerprint density at radius 1 is 1.52 bits per heavy atom. The number of carboxylic acid groups (broad SMARTS) is 1. The maximum absolute atomic E-state index is 12.2. The summed E-state index contributed by atoms with van der Waals surface area (Å²) in [5.74, 6) is -0.753. The Morgan fingerprint density at radius 3 is 2.95 bits per heavy atom. The second-order valence-electron chi connectivity index (χ2n) is 5.90. The largest absolute Gasteiger partial charge is 0.481 e. The highest BCUT2D eigenvalue weighted by atomic mass is 16.5. The lowest BCUT2D eigenvalue weighted by Gasteiger charge is -2.33. The van der Waals surface area contributed by atoms with E-state index in [2.05, 4.69) is 5.32 Å². The van der Waals surface area contributed by atoms with Gasteiger partial charge in [-0.1, -0.05) is 0 Å². The minimum absolute atomic E-state index is 0.0493. The molecule has 0 aromatic rings. The van der Waals surface area contributed by atoms with Gasteiger partial charge in [0, 0.05) is 39.6 Å². The maximum atomic E-state index is 12.2. The van der Waals surface area contributed by atoms with Gasteiger partial charge in [-0.2, -0.15) is 0 Å². The Balaban J connectivity index is 1.81. The third-order valence-corrected chi connectivity index (χ3v) is 4.33. The Labute approximate surface area is 124 Å². The molecule has 2 rings (SSSR count). The fraction of sp³-hybridized carbons (Fsp3) is 0.857. The predicted octanol–water partition coefficient (Wildman–Crippen LogP) is 0.688. The highest BCUT2D eigenvalue weighted by Crippen LogP contribution is 2.22. The zero-order valence-corrected chi connectivity index (χ0v) is 12.5. The lowest BCUT2D eigenvalue weighted by Crippen LogP contribution is -2.51. The SMILES string of the molecule is COC1(CNC(=O)N2CCCC(CC(=O)O)C2)CCOC1. The minimum atomic E-state index is -0.802. The summed E-state index contributed by atoms with van der Waals surface area (Å²) >= 11 is 0. The molecule has 2 fully saturated rings. The molecule has 0 aromatic carbocycles. The number of amides is 2. The van der Waals surface area contributed by atoms with Gasteiger partial charge in [0.25, 0.3) is 0 Å². The van der Waals surface area contributed by atoms with Gasteiger partial charge < -0.3 is 24.8 Å². The molecule has 2 N–H and O–H groups in total. The molecule has 7 heteroatoms. The first-order valence-electron chi connectivity index (χ1n) is 7.42. The van der Waals surface area contributed by atoms with E-state index in [1.54, 1.807) is 12.0 Å². The number of methoxy groups -OCH3 is 1. The van der Waals surface area contributed by atoms with Gasteiger partial charge in [0.05, 0.1) is 13.2 Å². The molecule has 21 heavy (non-hydrogen) atoms. The Kier molecular flexibility index (Phi) is 5.41. The number of carboxylic acids is 1. The molecule has 2 saturated heterocycles. The average Bonchev–Trinajstić information content (AvgIpc) is 2.94. The van der Waals surface area contributed by atoms with Crippen molar-refractivity contribution in [1.29, 1.82) is 0 Å². The molecule has 2 aliphatic heterocycles. The zero-order chi connectivity index (χ0) is 15.3. The Morgan fingerprint density at radius 2 is 2.33 bits per heavy atom. The molecule has 0 aromatic heterocycles. The topological polar surface area (TPSA) is 88.1 Å². The van der Waals surface area contributed by atoms with Crippen molar-refractivity contribution in [3.63, 3.8) is 0 Å². The van der Waals surface area contributed by atoms with Crippen molar-refractivity contribution in [1.82, 2.24) is 10.2 Å². The minimum Gasteiger partial charge on any atom is -0.481 e. The fourth-order valence-electron chi connectivity index (χ4n) is 2.97. The van der Waals surface area contributed by atoms with Gasteiger partial charge >= 0.3 is 12.0 Å². The summed E-state index contributed by atoms with van der Waals surface area (Å²) in [6.07, 6.45) is 2.61. The predicted molar refractivity (Wildman–Crippen MR) is 75.1 cm³/mol. The number of piperidine rings is 1. The van der Waals surface area contributed by atoms with Crippen LogP contribution in [0.4, 0.5) is 4.79 Å². The summed E-state index contributed by atoms with van der Waals surface area (Å²) < 4.78 is 10.8. The van der Waals surface area contributed by atoms with E-state index in [4.69, 9.17) is 14.6 Å². The molecule has 7 nitrogen and oxygen atoms in total. The quantitative estimate of drug-likeness (QED) is 0.780. The molecule has 2 atom stereocenters. The van der Waals surface area contributed by atoms with Gasteiger partial charge in [-0.3, -0.25) is 4.79 Å². The first-order valence-corrected chi connectivity index (χ1v) is 7.42. The first-order chi connectivity index (χ1) is 10.0. The molecule has 2 heterocycles. The van der Waals surface area contributed by atoms with Crippen molar-refractivity contribution in [2.24, 2.45) is 5.92 Å². The molecule has 0 spiro atoms. The standard InChI is InChI=1S/C14H24N2O5/c1-20-14(4-6-21-10-14)9-15-13(19)16-5-2-3-11(8-16)7-12(17)18/h11H,2-10H2,1H3,(H,15,19)(H,17,18). The van der Waals surface area contributed by atoms with Gasteiger partial charge in [-0.05, 0) is 18.8 Å². The lowest BCUT2D eigenvalue weighted by atomic mass is 9.95. The van der Waals surface area contributed by atoms with E-state index < -0.39 is 11.6 Å². The molecule has 120 valence electrons. The van der Waals surface area contributed by atoms with Crippen molar-refractivity contribution in [2.75, 3.05) is 40.0 Å². The van der Waals surface area contributed by atoms with Crippen LogP contribution < -0.4 is 5.32 Å². The van der Waals surface area contributed by atoms with Crippen LogP contribution in [0.1, 0.15) is 25.7 Å². The number of carbonyl (C=O) groups is 2. The van der Waals surface area contributed by atoms with Crippen molar-refractivity contribution in [3.8, 4) is 0 Å². The molecule has 2 aliphatic rings. The summed E-state index contributed by atoms with van der Waals surface area (Å²) in [6.45, 7) is 2.75. The number of ether oxygens (including phenoxy) is 2. The molecule has 2 amide bonds. The van der Waals surface area contributed by atoms with E-state index >= 15 is 0 Å². The van der Waals surface area contributed by atoms with Crippen molar-refractivity contribution < 1.29 is 24.2 Å². The molecule has 0 saturated carbocycles. The molecular weight excluding hydrogens is 276 g/mol. The normalized spacial score (nSPS) is 29.4. The van der Waals surface area contributed by atoms with Crippen LogP contribution in [-0.2, 0) is 14.3 Å². The van der Waals surface area contributed by atoms with E-state index in [0.717, 1.165) is 19.3 Å². The summed E-state index contributed by atoms with van der Waals surface area (Å²) in [4.78, 5) is 24.7. The van der Waals surface area contributed by atoms with Gasteiger partial charge in [-0.15, -0.1) is 0 Å². The van der Waals surface area contributed by atoms with Crippen molar-refractivity contribution in [2.45, 2.75) is 31.3 Å². The lowest BCUT2D eigenvalue weighted by molar-refractivity contribution is -0.138. The van der Waals surface area contributed by atoms with Crippen LogP contribution in [0, 0.1) is 5.92 Å². The average molecular weight is 300 g/mol. The van der Waals surface area contributed by atoms with Gasteiger partial charge in [0.1, 0.15) is 5.60 Å². The van der Waals surface area contributed by atoms with E-state index in [1.165, 1.54) is 0 Å². The van der Waals surface area contributed by atoms with Crippen LogP contribution in [-0.4, -0.2) is 67.6 Å². The van der Waals surface area contributed by atoms with Crippen LogP contribution in [0.2, 0.25) is 0 Å². The summed E-state index contributed by atoms with van der Waals surface area (Å²) in [7, 11) is 1.63. The second kappa shape index (κ2) is 7.09. The summed E-state index contributed by atoms with van der Waals surface area (Å²) in [5, 5.41) is 11.7. The number of hydrogen-bond acceptors (Lipinski definition) is 4. The number of nitrogens with zero attached hydrogens (tertiary/aromatic N) is 1. The van der Waals surface area contributed by atoms with Gasteiger partial charge in [0.2, 0.25) is 0 Å². The molecule has 0 aliphatic carbocycles. The first kappa shape index (κ1) is 16.0. The summed E-state index contributed by atoms with van der Waals surface area (Å²) in [6, 6.07) is -0.145. The zero-order valence-electron chi connectivity index (χ0n) is 12.5. The number of hydrogen-bond donors (Lipinski definition) is 2. The van der Waals surface area contributed by atoms with Gasteiger partial charge in [0.15, 0.2) is 0 Å².